The number of carbonyl (C=O) groups excluding carboxylic acids is 1. The number of hydrogen-bond donors (Lipinski definition) is 0. The van der Waals surface area contributed by atoms with Crippen LogP contribution in [0.5, 0.6) is 11.5 Å². The van der Waals surface area contributed by atoms with Gasteiger partial charge >= 0.3 is 0 Å². The van der Waals surface area contributed by atoms with Crippen molar-refractivity contribution in [3.63, 3.8) is 0 Å². The van der Waals surface area contributed by atoms with E-state index < -0.39 is 0 Å². The Kier molecular flexibility index (Phi) is 2.75. The fourth-order valence-electron chi connectivity index (χ4n) is 2.27. The molecule has 0 aliphatic carbocycles. The van der Waals surface area contributed by atoms with Gasteiger partial charge in [-0.1, -0.05) is 17.7 Å². The molecule has 0 fully saturated rings. The summed E-state index contributed by atoms with van der Waals surface area (Å²) >= 11 is 0. The largest absolute Gasteiger partial charge is 0.497 e. The molecule has 0 saturated heterocycles. The first-order valence-electron chi connectivity index (χ1n) is 6.14. The summed E-state index contributed by atoms with van der Waals surface area (Å²) in [6.45, 7) is 2.40. The van der Waals surface area contributed by atoms with Gasteiger partial charge in [0.15, 0.2) is 5.78 Å². The topological polar surface area (TPSA) is 35.5 Å². The first-order valence-corrected chi connectivity index (χ1v) is 6.14. The number of hydrogen-bond acceptors (Lipinski definition) is 3. The maximum absolute atomic E-state index is 12.6. The summed E-state index contributed by atoms with van der Waals surface area (Å²) in [6.07, 6.45) is 0. The van der Waals surface area contributed by atoms with Crippen molar-refractivity contribution in [2.45, 2.75) is 13.5 Å². The highest BCUT2D eigenvalue weighted by Crippen LogP contribution is 2.31. The van der Waals surface area contributed by atoms with Crippen LogP contribution in [0.25, 0.3) is 0 Å². The lowest BCUT2D eigenvalue weighted by Gasteiger charge is -2.07. The van der Waals surface area contributed by atoms with Crippen molar-refractivity contribution in [1.82, 2.24) is 0 Å². The molecule has 3 nitrogen and oxygen atoms in total. The van der Waals surface area contributed by atoms with E-state index in [9.17, 15) is 4.79 Å². The van der Waals surface area contributed by atoms with Gasteiger partial charge in [-0.05, 0) is 31.2 Å². The predicted octanol–water partition coefficient (Wildman–Crippen LogP) is 3.13. The molecule has 0 amide bonds. The van der Waals surface area contributed by atoms with E-state index in [-0.39, 0.29) is 5.78 Å². The lowest BCUT2D eigenvalue weighted by atomic mass is 9.97. The van der Waals surface area contributed by atoms with Crippen LogP contribution in [-0.4, -0.2) is 12.9 Å². The third-order valence-corrected chi connectivity index (χ3v) is 3.32. The van der Waals surface area contributed by atoms with Crippen LogP contribution in [0.4, 0.5) is 0 Å². The zero-order chi connectivity index (χ0) is 13.4. The quantitative estimate of drug-likeness (QED) is 0.784. The maximum atomic E-state index is 12.6. The van der Waals surface area contributed by atoms with Gasteiger partial charge in [0.2, 0.25) is 0 Å². The van der Waals surface area contributed by atoms with Crippen molar-refractivity contribution < 1.29 is 14.3 Å². The average molecular weight is 254 g/mol. The van der Waals surface area contributed by atoms with Gasteiger partial charge < -0.3 is 9.47 Å². The highest BCUT2D eigenvalue weighted by atomic mass is 16.5. The summed E-state index contributed by atoms with van der Waals surface area (Å²) in [5, 5.41) is 0. The molecule has 2 aromatic rings. The van der Waals surface area contributed by atoms with E-state index in [2.05, 4.69) is 0 Å². The van der Waals surface area contributed by atoms with Gasteiger partial charge in [-0.3, -0.25) is 4.79 Å². The second kappa shape index (κ2) is 4.43. The zero-order valence-corrected chi connectivity index (χ0v) is 10.9. The molecule has 3 heteroatoms. The molecule has 0 atom stereocenters. The second-order valence-electron chi connectivity index (χ2n) is 4.64. The minimum Gasteiger partial charge on any atom is -0.497 e. The predicted molar refractivity (Wildman–Crippen MR) is 71.9 cm³/mol. The highest BCUT2D eigenvalue weighted by molar-refractivity contribution is 6.12. The van der Waals surface area contributed by atoms with Gasteiger partial charge in [-0.2, -0.15) is 0 Å². The van der Waals surface area contributed by atoms with Crippen LogP contribution in [0.1, 0.15) is 27.0 Å². The molecule has 96 valence electrons. The maximum Gasteiger partial charge on any atom is 0.197 e. The molecule has 19 heavy (non-hydrogen) atoms. The average Bonchev–Trinajstić information content (AvgIpc) is 2.57. The zero-order valence-electron chi connectivity index (χ0n) is 10.9. The van der Waals surface area contributed by atoms with Crippen LogP contribution in [-0.2, 0) is 6.61 Å². The van der Waals surface area contributed by atoms with E-state index in [0.29, 0.717) is 29.2 Å². The van der Waals surface area contributed by atoms with Crippen LogP contribution >= 0.6 is 0 Å². The molecular formula is C16H14O3. The van der Waals surface area contributed by atoms with E-state index in [4.69, 9.17) is 9.47 Å². The molecule has 3 rings (SSSR count). The lowest BCUT2D eigenvalue weighted by Crippen LogP contribution is -2.03. The fraction of sp³-hybridized carbons (Fsp3) is 0.188. The van der Waals surface area contributed by atoms with Crippen LogP contribution in [0.3, 0.4) is 0 Å². The summed E-state index contributed by atoms with van der Waals surface area (Å²) in [5.41, 5.74) is 3.26. The number of aryl methyl sites for hydroxylation is 1. The number of benzene rings is 2. The fourth-order valence-corrected chi connectivity index (χ4v) is 2.27. The molecule has 0 unspecified atom stereocenters. The number of methoxy groups -OCH3 is 1. The molecule has 1 heterocycles. The van der Waals surface area contributed by atoms with Gasteiger partial charge in [0.1, 0.15) is 18.1 Å². The summed E-state index contributed by atoms with van der Waals surface area (Å²) in [4.78, 5) is 12.6. The van der Waals surface area contributed by atoms with E-state index in [1.807, 2.05) is 25.1 Å². The second-order valence-corrected chi connectivity index (χ2v) is 4.64. The number of carbonyl (C=O) groups is 1. The Hall–Kier alpha value is -2.29. The highest BCUT2D eigenvalue weighted by Gasteiger charge is 2.22. The summed E-state index contributed by atoms with van der Waals surface area (Å²) < 4.78 is 10.9. The standard InChI is InChI=1S/C16H14O3/c1-10-3-4-11-9-19-15-6-5-12(18-2)8-14(15)16(17)13(11)7-10/h3-8H,9H2,1-2H3. The summed E-state index contributed by atoms with van der Waals surface area (Å²) in [7, 11) is 1.59. The Morgan fingerprint density at radius 3 is 2.74 bits per heavy atom. The number of rotatable bonds is 1. The van der Waals surface area contributed by atoms with E-state index >= 15 is 0 Å². The molecule has 1 aliphatic rings. The van der Waals surface area contributed by atoms with E-state index in [0.717, 1.165) is 11.1 Å². The van der Waals surface area contributed by atoms with Crippen LogP contribution in [0.2, 0.25) is 0 Å². The first kappa shape index (κ1) is 11.8. The summed E-state index contributed by atoms with van der Waals surface area (Å²) in [5.74, 6) is 1.26. The van der Waals surface area contributed by atoms with Gasteiger partial charge in [0.25, 0.3) is 0 Å². The monoisotopic (exact) mass is 254 g/mol. The molecule has 0 aromatic heterocycles. The lowest BCUT2D eigenvalue weighted by molar-refractivity contribution is 0.103. The van der Waals surface area contributed by atoms with Crippen molar-refractivity contribution in [2.24, 2.45) is 0 Å². The van der Waals surface area contributed by atoms with Crippen molar-refractivity contribution in [2.75, 3.05) is 7.11 Å². The number of ether oxygens (including phenoxy) is 2. The Morgan fingerprint density at radius 2 is 1.95 bits per heavy atom. The van der Waals surface area contributed by atoms with Crippen LogP contribution < -0.4 is 9.47 Å². The Bertz CT molecular complexity index is 659. The molecule has 1 aliphatic heterocycles. The smallest absolute Gasteiger partial charge is 0.197 e. The molecule has 2 aromatic carbocycles. The summed E-state index contributed by atoms with van der Waals surface area (Å²) in [6, 6.07) is 11.2. The minimum atomic E-state index is -0.00917. The third-order valence-electron chi connectivity index (χ3n) is 3.32. The van der Waals surface area contributed by atoms with Gasteiger partial charge in [0.05, 0.1) is 12.7 Å². The van der Waals surface area contributed by atoms with Gasteiger partial charge in [-0.25, -0.2) is 0 Å². The number of fused-ring (bicyclic) bond motifs is 2. The Morgan fingerprint density at radius 1 is 1.11 bits per heavy atom. The van der Waals surface area contributed by atoms with E-state index in [1.165, 1.54) is 0 Å². The van der Waals surface area contributed by atoms with Crippen molar-refractivity contribution >= 4 is 5.78 Å². The van der Waals surface area contributed by atoms with Crippen LogP contribution in [0.15, 0.2) is 36.4 Å². The Balaban J connectivity index is 2.18. The SMILES string of the molecule is COc1ccc2c(c1)C(=O)c1cc(C)ccc1CO2. The van der Waals surface area contributed by atoms with Gasteiger partial charge in [-0.15, -0.1) is 0 Å². The molecular weight excluding hydrogens is 240 g/mol. The molecule has 0 saturated carbocycles. The van der Waals surface area contributed by atoms with Crippen LogP contribution in [0, 0.1) is 6.92 Å². The number of ketones is 1. The molecule has 0 N–H and O–H groups in total. The molecule has 0 bridgehead atoms. The minimum absolute atomic E-state index is 0.00917. The Labute approximate surface area is 111 Å². The van der Waals surface area contributed by atoms with Crippen molar-refractivity contribution in [3.05, 3.63) is 58.7 Å². The first-order chi connectivity index (χ1) is 9.19. The molecule has 0 radical (unpaired) electrons. The third kappa shape index (κ3) is 1.97. The molecule has 0 spiro atoms. The normalized spacial score (nSPS) is 13.1. The van der Waals surface area contributed by atoms with Gasteiger partial charge in [0, 0.05) is 11.1 Å². The van der Waals surface area contributed by atoms with E-state index in [1.54, 1.807) is 25.3 Å². The van der Waals surface area contributed by atoms with Crippen molar-refractivity contribution in [1.29, 1.82) is 0 Å². The van der Waals surface area contributed by atoms with Crippen molar-refractivity contribution in [3.8, 4) is 11.5 Å².